The minimum atomic E-state index is -0.585. The highest BCUT2D eigenvalue weighted by atomic mass is 16.6. The van der Waals surface area contributed by atoms with Gasteiger partial charge in [0.25, 0.3) is 0 Å². The Bertz CT molecular complexity index is 1350. The molecule has 0 aliphatic carbocycles. The summed E-state index contributed by atoms with van der Waals surface area (Å²) < 4.78 is 17.4. The molecule has 0 heterocycles. The second-order valence-corrected chi connectivity index (χ2v) is 17.4. The molecule has 0 saturated carbocycles. The van der Waals surface area contributed by atoms with Gasteiger partial charge in [0, 0.05) is 19.4 Å². The Morgan fingerprint density at radius 1 is 0.348 bits per heavy atom. The van der Waals surface area contributed by atoms with Crippen molar-refractivity contribution in [3.63, 3.8) is 0 Å². The second kappa shape index (κ2) is 55.6. The van der Waals surface area contributed by atoms with Crippen molar-refractivity contribution in [2.75, 3.05) is 19.8 Å². The summed E-state index contributed by atoms with van der Waals surface area (Å²) in [6.45, 7) is 7.47. The van der Waals surface area contributed by atoms with E-state index in [1.165, 1.54) is 83.5 Å². The van der Waals surface area contributed by atoms with Gasteiger partial charge in [-0.3, -0.25) is 9.59 Å². The fraction of sp³-hybridized carbons (Fsp3) is 0.639. The monoisotopic (exact) mass is 913 g/mol. The molecule has 0 aliphatic rings. The van der Waals surface area contributed by atoms with Crippen LogP contribution in [0.4, 0.5) is 0 Å². The zero-order valence-corrected chi connectivity index (χ0v) is 42.9. The van der Waals surface area contributed by atoms with Crippen molar-refractivity contribution in [2.24, 2.45) is 0 Å². The molecule has 0 amide bonds. The van der Waals surface area contributed by atoms with Crippen LogP contribution in [-0.2, 0) is 23.8 Å². The van der Waals surface area contributed by atoms with Crippen LogP contribution in [0.15, 0.2) is 122 Å². The summed E-state index contributed by atoms with van der Waals surface area (Å²) in [5.74, 6) is -0.501. The lowest BCUT2D eigenvalue weighted by Crippen LogP contribution is -2.30. The minimum Gasteiger partial charge on any atom is -0.462 e. The van der Waals surface area contributed by atoms with Gasteiger partial charge in [0.1, 0.15) is 6.61 Å². The van der Waals surface area contributed by atoms with Gasteiger partial charge in [-0.05, 0) is 128 Å². The molecule has 1 unspecified atom stereocenters. The number of rotatable bonds is 48. The quantitative estimate of drug-likeness (QED) is 0.0346. The Balaban J connectivity index is 4.40. The van der Waals surface area contributed by atoms with Crippen LogP contribution in [0.5, 0.6) is 0 Å². The average molecular weight is 913 g/mol. The lowest BCUT2D eigenvalue weighted by atomic mass is 10.1. The van der Waals surface area contributed by atoms with E-state index in [1.807, 2.05) is 0 Å². The summed E-state index contributed by atoms with van der Waals surface area (Å²) in [7, 11) is 0. The average Bonchev–Trinajstić information content (AvgIpc) is 3.32. The van der Waals surface area contributed by atoms with Gasteiger partial charge < -0.3 is 14.2 Å². The third kappa shape index (κ3) is 52.9. The summed E-state index contributed by atoms with van der Waals surface area (Å²) in [5.41, 5.74) is 0. The van der Waals surface area contributed by atoms with Crippen LogP contribution in [0.3, 0.4) is 0 Å². The van der Waals surface area contributed by atoms with Crippen molar-refractivity contribution in [1.82, 2.24) is 0 Å². The highest BCUT2D eigenvalue weighted by Gasteiger charge is 2.17. The van der Waals surface area contributed by atoms with Gasteiger partial charge >= 0.3 is 11.9 Å². The van der Waals surface area contributed by atoms with Gasteiger partial charge in [-0.15, -0.1) is 0 Å². The van der Waals surface area contributed by atoms with Gasteiger partial charge in [-0.2, -0.15) is 0 Å². The SMILES string of the molecule is CC/C=C\C/C=C\C/C=C\C/C=C\CCCCC(=O)OCC(COCCCCCCCCCCCC/C=C\C/C=C\CCCCC)OC(=O)CCCC/C=C\C/C=C\C/C=C\C/C=C\CC. The van der Waals surface area contributed by atoms with Gasteiger partial charge in [-0.25, -0.2) is 0 Å². The van der Waals surface area contributed by atoms with E-state index in [-0.39, 0.29) is 25.2 Å². The van der Waals surface area contributed by atoms with Crippen molar-refractivity contribution in [1.29, 1.82) is 0 Å². The van der Waals surface area contributed by atoms with Crippen LogP contribution >= 0.6 is 0 Å². The molecule has 374 valence electrons. The van der Waals surface area contributed by atoms with Crippen molar-refractivity contribution >= 4 is 11.9 Å². The van der Waals surface area contributed by atoms with Crippen molar-refractivity contribution < 1.29 is 23.8 Å². The van der Waals surface area contributed by atoms with Crippen LogP contribution in [0.25, 0.3) is 0 Å². The Kier molecular flexibility index (Phi) is 52.5. The molecule has 0 saturated heterocycles. The first-order chi connectivity index (χ1) is 32.6. The van der Waals surface area contributed by atoms with E-state index in [1.54, 1.807) is 0 Å². The smallest absolute Gasteiger partial charge is 0.306 e. The van der Waals surface area contributed by atoms with Crippen molar-refractivity contribution in [3.05, 3.63) is 122 Å². The van der Waals surface area contributed by atoms with E-state index in [4.69, 9.17) is 14.2 Å². The molecule has 0 spiro atoms. The highest BCUT2D eigenvalue weighted by molar-refractivity contribution is 5.70. The first kappa shape index (κ1) is 62.3. The molecule has 0 bridgehead atoms. The first-order valence-electron chi connectivity index (χ1n) is 27.1. The molecule has 0 aromatic carbocycles. The van der Waals surface area contributed by atoms with Gasteiger partial charge in [0.05, 0.1) is 6.61 Å². The Morgan fingerprint density at radius 2 is 0.682 bits per heavy atom. The number of ether oxygens (including phenoxy) is 3. The molecule has 0 rings (SSSR count). The van der Waals surface area contributed by atoms with Gasteiger partial charge in [0.2, 0.25) is 0 Å². The standard InChI is InChI=1S/C61H100O5/c1-4-7-10-13-16-19-22-25-28-29-30-31-32-35-38-41-44-47-50-53-56-64-57-59(66-61(63)55-52-49-46-43-40-37-34-27-24-21-18-15-12-9-6-3)58-65-60(62)54-51-48-45-42-39-36-33-26-23-20-17-14-11-8-5-2/h8-9,11-12,16-21,25-28,33-34,39-40,42-43,59H,4-7,10,13-15,22-24,29-32,35-38,41,44-58H2,1-3H3/b11-8-,12-9-,19-16-,20-17-,21-18-,28-25-,33-26-,34-27-,42-39-,43-40-. The molecule has 5 nitrogen and oxygen atoms in total. The Hall–Kier alpha value is -3.70. The highest BCUT2D eigenvalue weighted by Crippen LogP contribution is 2.13. The number of allylic oxidation sites excluding steroid dienone is 20. The maximum absolute atomic E-state index is 12.8. The van der Waals surface area contributed by atoms with Gasteiger partial charge in [-0.1, -0.05) is 206 Å². The predicted molar refractivity (Wildman–Crippen MR) is 288 cm³/mol. The zero-order valence-electron chi connectivity index (χ0n) is 42.9. The fourth-order valence-corrected chi connectivity index (χ4v) is 6.99. The number of carbonyl (C=O) groups is 2. The number of unbranched alkanes of at least 4 members (excludes halogenated alkanes) is 17. The Morgan fingerprint density at radius 3 is 1.09 bits per heavy atom. The molecule has 0 N–H and O–H groups in total. The number of hydrogen-bond donors (Lipinski definition) is 0. The van der Waals surface area contributed by atoms with Crippen molar-refractivity contribution in [3.8, 4) is 0 Å². The lowest BCUT2D eigenvalue weighted by molar-refractivity contribution is -0.163. The maximum Gasteiger partial charge on any atom is 0.306 e. The molecular formula is C61H100O5. The summed E-state index contributed by atoms with van der Waals surface area (Å²) >= 11 is 0. The largest absolute Gasteiger partial charge is 0.462 e. The topological polar surface area (TPSA) is 61.8 Å². The second-order valence-electron chi connectivity index (χ2n) is 17.4. The fourth-order valence-electron chi connectivity index (χ4n) is 6.99. The van der Waals surface area contributed by atoms with E-state index in [0.29, 0.717) is 19.4 Å². The first-order valence-corrected chi connectivity index (χ1v) is 27.1. The summed E-state index contributed by atoms with van der Waals surface area (Å²) in [6, 6.07) is 0. The molecule has 0 aliphatic heterocycles. The third-order valence-electron chi connectivity index (χ3n) is 11.0. The predicted octanol–water partition coefficient (Wildman–Crippen LogP) is 18.6. The van der Waals surface area contributed by atoms with Crippen LogP contribution < -0.4 is 0 Å². The van der Waals surface area contributed by atoms with E-state index in [0.717, 1.165) is 109 Å². The van der Waals surface area contributed by atoms with Crippen molar-refractivity contribution in [2.45, 2.75) is 232 Å². The molecule has 0 radical (unpaired) electrons. The van der Waals surface area contributed by atoms with Crippen LogP contribution in [0.2, 0.25) is 0 Å². The molecule has 0 aromatic heterocycles. The van der Waals surface area contributed by atoms with Crippen LogP contribution in [0.1, 0.15) is 226 Å². The van der Waals surface area contributed by atoms with Crippen LogP contribution in [0, 0.1) is 0 Å². The normalized spacial score (nSPS) is 13.2. The van der Waals surface area contributed by atoms with Crippen LogP contribution in [-0.4, -0.2) is 37.9 Å². The van der Waals surface area contributed by atoms with E-state index in [2.05, 4.69) is 142 Å². The Labute approximate surface area is 407 Å². The molecule has 66 heavy (non-hydrogen) atoms. The maximum atomic E-state index is 12.8. The number of carbonyl (C=O) groups excluding carboxylic acids is 2. The van der Waals surface area contributed by atoms with E-state index < -0.39 is 6.10 Å². The summed E-state index contributed by atoms with van der Waals surface area (Å²) in [6.07, 6.45) is 77.9. The molecule has 1 atom stereocenters. The zero-order chi connectivity index (χ0) is 47.7. The molecular weight excluding hydrogens is 813 g/mol. The molecule has 0 fully saturated rings. The number of hydrogen-bond acceptors (Lipinski definition) is 5. The third-order valence-corrected chi connectivity index (χ3v) is 11.0. The van der Waals surface area contributed by atoms with E-state index >= 15 is 0 Å². The lowest BCUT2D eigenvalue weighted by Gasteiger charge is -2.18. The molecule has 0 aromatic rings. The minimum absolute atomic E-state index is 0.0386. The van der Waals surface area contributed by atoms with Gasteiger partial charge in [0.15, 0.2) is 6.10 Å². The number of esters is 2. The van der Waals surface area contributed by atoms with E-state index in [9.17, 15) is 9.59 Å². The summed E-state index contributed by atoms with van der Waals surface area (Å²) in [4.78, 5) is 25.4. The summed E-state index contributed by atoms with van der Waals surface area (Å²) in [5, 5.41) is 0. The molecule has 5 heteroatoms.